The Bertz CT molecular complexity index is 955. The molecule has 0 spiro atoms. The molecule has 0 unspecified atom stereocenters. The quantitative estimate of drug-likeness (QED) is 0.590. The number of morpholine rings is 1. The average Bonchev–Trinajstić information content (AvgIpc) is 3.17. The van der Waals surface area contributed by atoms with Crippen LogP contribution in [0.3, 0.4) is 0 Å². The van der Waals surface area contributed by atoms with Gasteiger partial charge in [0.1, 0.15) is 0 Å². The number of hydrogen-bond donors (Lipinski definition) is 0. The van der Waals surface area contributed by atoms with E-state index in [4.69, 9.17) is 16.3 Å². The number of thioether (sulfide) groups is 1. The normalized spacial score (nSPS) is 14.2. The van der Waals surface area contributed by atoms with E-state index in [9.17, 15) is 4.79 Å². The molecular formula is C21H20ClN3O2S. The average molecular weight is 414 g/mol. The van der Waals surface area contributed by atoms with Gasteiger partial charge in [0, 0.05) is 29.4 Å². The van der Waals surface area contributed by atoms with Gasteiger partial charge in [-0.05, 0) is 18.2 Å². The highest BCUT2D eigenvalue weighted by atomic mass is 35.5. The third kappa shape index (κ3) is 4.24. The van der Waals surface area contributed by atoms with Crippen LogP contribution in [-0.4, -0.2) is 52.4 Å². The number of imidazole rings is 1. The van der Waals surface area contributed by atoms with E-state index in [-0.39, 0.29) is 5.91 Å². The van der Waals surface area contributed by atoms with Gasteiger partial charge in [-0.25, -0.2) is 4.98 Å². The van der Waals surface area contributed by atoms with Crippen LogP contribution in [0.1, 0.15) is 0 Å². The van der Waals surface area contributed by atoms with Crippen LogP contribution < -0.4 is 0 Å². The SMILES string of the molecule is O=C(CSc1ncc(-c2ccccc2)n1-c1cccc(Cl)c1)N1CCOCC1. The first-order valence-corrected chi connectivity index (χ1v) is 10.5. The molecule has 1 aliphatic rings. The summed E-state index contributed by atoms with van der Waals surface area (Å²) >= 11 is 7.67. The molecule has 0 atom stereocenters. The van der Waals surface area contributed by atoms with Crippen molar-refractivity contribution in [2.24, 2.45) is 0 Å². The minimum atomic E-state index is 0.107. The van der Waals surface area contributed by atoms with Gasteiger partial charge in [0.05, 0.1) is 30.9 Å². The van der Waals surface area contributed by atoms with Gasteiger partial charge in [0.15, 0.2) is 5.16 Å². The number of hydrogen-bond acceptors (Lipinski definition) is 4. The van der Waals surface area contributed by atoms with Gasteiger partial charge in [0.25, 0.3) is 0 Å². The van der Waals surface area contributed by atoms with Crippen LogP contribution in [0.25, 0.3) is 16.9 Å². The molecule has 0 radical (unpaired) electrons. The number of amides is 1. The zero-order valence-corrected chi connectivity index (χ0v) is 16.8. The summed E-state index contributed by atoms with van der Waals surface area (Å²) < 4.78 is 7.38. The number of rotatable bonds is 5. The lowest BCUT2D eigenvalue weighted by molar-refractivity contribution is -0.132. The summed E-state index contributed by atoms with van der Waals surface area (Å²) in [4.78, 5) is 19.0. The molecule has 5 nitrogen and oxygen atoms in total. The van der Waals surface area contributed by atoms with Crippen LogP contribution in [0.15, 0.2) is 66.0 Å². The minimum Gasteiger partial charge on any atom is -0.378 e. The van der Waals surface area contributed by atoms with E-state index in [1.165, 1.54) is 11.8 Å². The second kappa shape index (κ2) is 8.82. The van der Waals surface area contributed by atoms with E-state index in [0.717, 1.165) is 22.1 Å². The molecule has 1 aliphatic heterocycles. The van der Waals surface area contributed by atoms with Crippen LogP contribution in [0.5, 0.6) is 0 Å². The number of carbonyl (C=O) groups is 1. The first-order chi connectivity index (χ1) is 13.7. The molecule has 0 N–H and O–H groups in total. The number of benzene rings is 2. The van der Waals surface area contributed by atoms with Crippen molar-refractivity contribution in [3.05, 3.63) is 65.8 Å². The van der Waals surface area contributed by atoms with E-state index >= 15 is 0 Å². The van der Waals surface area contributed by atoms with Crippen molar-refractivity contribution in [3.8, 4) is 16.9 Å². The van der Waals surface area contributed by atoms with Gasteiger partial charge in [-0.1, -0.05) is 59.8 Å². The van der Waals surface area contributed by atoms with Crippen LogP contribution in [0.2, 0.25) is 5.02 Å². The molecule has 0 saturated carbocycles. The lowest BCUT2D eigenvalue weighted by atomic mass is 10.1. The monoisotopic (exact) mass is 413 g/mol. The third-order valence-corrected chi connectivity index (χ3v) is 5.73. The molecule has 2 aromatic carbocycles. The van der Waals surface area contributed by atoms with E-state index in [1.807, 2.05) is 65.7 Å². The molecular weight excluding hydrogens is 394 g/mol. The van der Waals surface area contributed by atoms with Crippen molar-refractivity contribution >= 4 is 29.3 Å². The van der Waals surface area contributed by atoms with Crippen LogP contribution in [0, 0.1) is 0 Å². The first kappa shape index (κ1) is 19.1. The van der Waals surface area contributed by atoms with E-state index in [0.29, 0.717) is 37.1 Å². The molecule has 3 aromatic rings. The Labute approximate surface area is 173 Å². The van der Waals surface area contributed by atoms with Gasteiger partial charge in [-0.3, -0.25) is 9.36 Å². The van der Waals surface area contributed by atoms with Crippen molar-refractivity contribution < 1.29 is 9.53 Å². The molecule has 4 rings (SSSR count). The zero-order chi connectivity index (χ0) is 19.3. The van der Waals surface area contributed by atoms with Crippen molar-refractivity contribution in [3.63, 3.8) is 0 Å². The first-order valence-electron chi connectivity index (χ1n) is 9.10. The summed E-state index contributed by atoms with van der Waals surface area (Å²) in [6.45, 7) is 2.51. The van der Waals surface area contributed by atoms with E-state index in [2.05, 4.69) is 9.55 Å². The van der Waals surface area contributed by atoms with Crippen molar-refractivity contribution in [1.82, 2.24) is 14.5 Å². The van der Waals surface area contributed by atoms with Crippen molar-refractivity contribution in [1.29, 1.82) is 0 Å². The van der Waals surface area contributed by atoms with Gasteiger partial charge < -0.3 is 9.64 Å². The molecule has 1 amide bonds. The highest BCUT2D eigenvalue weighted by Gasteiger charge is 2.20. The predicted molar refractivity (Wildman–Crippen MR) is 112 cm³/mol. The molecule has 28 heavy (non-hydrogen) atoms. The third-order valence-electron chi connectivity index (χ3n) is 4.55. The lowest BCUT2D eigenvalue weighted by Crippen LogP contribution is -2.41. The van der Waals surface area contributed by atoms with Crippen LogP contribution in [-0.2, 0) is 9.53 Å². The van der Waals surface area contributed by atoms with Crippen molar-refractivity contribution in [2.45, 2.75) is 5.16 Å². The topological polar surface area (TPSA) is 47.4 Å². The Hall–Kier alpha value is -2.28. The van der Waals surface area contributed by atoms with Gasteiger partial charge in [-0.15, -0.1) is 0 Å². The standard InChI is InChI=1S/C21H20ClN3O2S/c22-17-7-4-8-18(13-17)25-19(16-5-2-1-3-6-16)14-23-21(25)28-15-20(26)24-9-11-27-12-10-24/h1-8,13-14H,9-12,15H2. The molecule has 0 bridgehead atoms. The van der Waals surface area contributed by atoms with Crippen molar-refractivity contribution in [2.75, 3.05) is 32.1 Å². The summed E-state index contributed by atoms with van der Waals surface area (Å²) in [6, 6.07) is 17.7. The number of carbonyl (C=O) groups excluding carboxylic acids is 1. The molecule has 144 valence electrons. The highest BCUT2D eigenvalue weighted by Crippen LogP contribution is 2.30. The molecule has 1 aromatic heterocycles. The summed E-state index contributed by atoms with van der Waals surface area (Å²) in [7, 11) is 0. The molecule has 1 saturated heterocycles. The largest absolute Gasteiger partial charge is 0.378 e. The van der Waals surface area contributed by atoms with Gasteiger partial charge in [0.2, 0.25) is 5.91 Å². The summed E-state index contributed by atoms with van der Waals surface area (Å²) in [5, 5.41) is 1.42. The van der Waals surface area contributed by atoms with Crippen LogP contribution >= 0.6 is 23.4 Å². The van der Waals surface area contributed by atoms with E-state index in [1.54, 1.807) is 0 Å². The Kier molecular flexibility index (Phi) is 6.00. The second-order valence-electron chi connectivity index (χ2n) is 6.39. The molecule has 7 heteroatoms. The zero-order valence-electron chi connectivity index (χ0n) is 15.3. The van der Waals surface area contributed by atoms with Gasteiger partial charge in [-0.2, -0.15) is 0 Å². The fourth-order valence-corrected chi connectivity index (χ4v) is 4.22. The fraction of sp³-hybridized carbons (Fsp3) is 0.238. The molecule has 2 heterocycles. The Morgan fingerprint density at radius 2 is 1.89 bits per heavy atom. The van der Waals surface area contributed by atoms with Gasteiger partial charge >= 0.3 is 0 Å². The second-order valence-corrected chi connectivity index (χ2v) is 7.77. The maximum Gasteiger partial charge on any atom is 0.233 e. The number of ether oxygens (including phenoxy) is 1. The molecule has 0 aliphatic carbocycles. The number of aromatic nitrogens is 2. The predicted octanol–water partition coefficient (Wildman–Crippen LogP) is 4.14. The Balaban J connectivity index is 1.63. The number of halogens is 1. The lowest BCUT2D eigenvalue weighted by Gasteiger charge is -2.26. The van der Waals surface area contributed by atoms with E-state index < -0.39 is 0 Å². The summed E-state index contributed by atoms with van der Waals surface area (Å²) in [6.07, 6.45) is 1.85. The summed E-state index contributed by atoms with van der Waals surface area (Å²) in [5.74, 6) is 0.446. The summed E-state index contributed by atoms with van der Waals surface area (Å²) in [5.41, 5.74) is 2.94. The Morgan fingerprint density at radius 1 is 1.11 bits per heavy atom. The fourth-order valence-electron chi connectivity index (χ4n) is 3.14. The maximum absolute atomic E-state index is 12.5. The Morgan fingerprint density at radius 3 is 2.64 bits per heavy atom. The minimum absolute atomic E-state index is 0.107. The smallest absolute Gasteiger partial charge is 0.233 e. The molecule has 1 fully saturated rings. The highest BCUT2D eigenvalue weighted by molar-refractivity contribution is 7.99. The maximum atomic E-state index is 12.5. The number of nitrogens with zero attached hydrogens (tertiary/aromatic N) is 3. The van der Waals surface area contributed by atoms with Crippen LogP contribution in [0.4, 0.5) is 0 Å².